The van der Waals surface area contributed by atoms with E-state index >= 15 is 0 Å². The number of amides is 1. The maximum absolute atomic E-state index is 12.8. The molecule has 0 aliphatic rings. The fourth-order valence-electron chi connectivity index (χ4n) is 2.59. The van der Waals surface area contributed by atoms with Crippen molar-refractivity contribution in [2.75, 3.05) is 5.32 Å². The molecule has 0 saturated heterocycles. The third-order valence-corrected chi connectivity index (χ3v) is 4.47. The van der Waals surface area contributed by atoms with Crippen molar-refractivity contribution in [2.24, 2.45) is 0 Å². The quantitative estimate of drug-likeness (QED) is 0.598. The van der Waals surface area contributed by atoms with Gasteiger partial charge in [-0.2, -0.15) is 8.75 Å². The van der Waals surface area contributed by atoms with Gasteiger partial charge in [0.1, 0.15) is 16.6 Å². The Morgan fingerprint density at radius 2 is 1.80 bits per heavy atom. The predicted octanol–water partition coefficient (Wildman–Crippen LogP) is 4.22. The van der Waals surface area contributed by atoms with Gasteiger partial charge in [0.15, 0.2) is 5.76 Å². The van der Waals surface area contributed by atoms with Gasteiger partial charge in [0.2, 0.25) is 0 Å². The molecule has 6 nitrogen and oxygen atoms in total. The molecule has 0 atom stereocenters. The van der Waals surface area contributed by atoms with E-state index in [0.717, 1.165) is 33.9 Å². The normalized spacial score (nSPS) is 11.0. The molecule has 0 aliphatic carbocycles. The summed E-state index contributed by atoms with van der Waals surface area (Å²) >= 11 is 1.14. The minimum Gasteiger partial charge on any atom is -0.355 e. The molecule has 0 spiro atoms. The van der Waals surface area contributed by atoms with Crippen molar-refractivity contribution in [3.05, 3.63) is 59.3 Å². The summed E-state index contributed by atoms with van der Waals surface area (Å²) in [7, 11) is 0. The number of hydrogen-bond acceptors (Lipinski definition) is 6. The summed E-state index contributed by atoms with van der Waals surface area (Å²) in [5, 5.41) is 6.85. The molecule has 0 bridgehead atoms. The molecule has 2 aromatic carbocycles. The highest BCUT2D eigenvalue weighted by molar-refractivity contribution is 7.00. The topological polar surface area (TPSA) is 80.9 Å². The Morgan fingerprint density at radius 3 is 2.60 bits per heavy atom. The first-order valence-corrected chi connectivity index (χ1v) is 8.42. The van der Waals surface area contributed by atoms with E-state index in [1.165, 1.54) is 0 Å². The second kappa shape index (κ2) is 6.10. The molecule has 124 valence electrons. The maximum atomic E-state index is 12.8. The number of fused-ring (bicyclic) bond motifs is 1. The number of anilines is 1. The second-order valence-corrected chi connectivity index (χ2v) is 6.29. The lowest BCUT2D eigenvalue weighted by molar-refractivity contribution is 0.102. The van der Waals surface area contributed by atoms with Gasteiger partial charge in [-0.1, -0.05) is 35.0 Å². The van der Waals surface area contributed by atoms with E-state index in [4.69, 9.17) is 4.52 Å². The number of rotatable bonds is 3. The Morgan fingerprint density at radius 1 is 1.04 bits per heavy atom. The predicted molar refractivity (Wildman–Crippen MR) is 96.8 cm³/mol. The van der Waals surface area contributed by atoms with E-state index in [9.17, 15) is 4.79 Å². The Kier molecular flexibility index (Phi) is 3.77. The average Bonchev–Trinajstić information content (AvgIpc) is 3.21. The van der Waals surface area contributed by atoms with E-state index in [0.29, 0.717) is 22.7 Å². The molecule has 1 amide bonds. The summed E-state index contributed by atoms with van der Waals surface area (Å²) < 4.78 is 13.8. The number of nitrogens with one attached hydrogen (secondary N) is 1. The zero-order valence-electron chi connectivity index (χ0n) is 13.6. The van der Waals surface area contributed by atoms with Gasteiger partial charge in [0, 0.05) is 11.3 Å². The summed E-state index contributed by atoms with van der Waals surface area (Å²) in [6.07, 6.45) is 0. The standard InChI is InChI=1S/C18H14N4O2S/c1-10-3-5-12(6-4-10)17-16(11(2)20-24-17)18(23)19-13-7-8-14-15(9-13)22-25-21-14/h3-9H,1-2H3,(H,19,23). The lowest BCUT2D eigenvalue weighted by Crippen LogP contribution is -2.13. The van der Waals surface area contributed by atoms with Crippen LogP contribution in [0.1, 0.15) is 21.6 Å². The SMILES string of the molecule is Cc1ccc(-c2onc(C)c2C(=O)Nc2ccc3nsnc3c2)cc1. The molecule has 25 heavy (non-hydrogen) atoms. The van der Waals surface area contributed by atoms with Gasteiger partial charge in [0.25, 0.3) is 5.91 Å². The molecule has 2 heterocycles. The number of hydrogen-bond donors (Lipinski definition) is 1. The van der Waals surface area contributed by atoms with Gasteiger partial charge in [-0.3, -0.25) is 4.79 Å². The Balaban J connectivity index is 1.67. The molecular weight excluding hydrogens is 336 g/mol. The van der Waals surface area contributed by atoms with Crippen LogP contribution >= 0.6 is 11.7 Å². The number of carbonyl (C=O) groups excluding carboxylic acids is 1. The smallest absolute Gasteiger partial charge is 0.261 e. The lowest BCUT2D eigenvalue weighted by Gasteiger charge is -2.06. The summed E-state index contributed by atoms with van der Waals surface area (Å²) in [5.41, 5.74) is 5.14. The van der Waals surface area contributed by atoms with Gasteiger partial charge in [-0.05, 0) is 32.0 Å². The number of aryl methyl sites for hydroxylation is 2. The molecule has 1 N–H and O–H groups in total. The molecule has 0 unspecified atom stereocenters. The van der Waals surface area contributed by atoms with Crippen molar-refractivity contribution < 1.29 is 9.32 Å². The molecule has 0 fully saturated rings. The average molecular weight is 350 g/mol. The largest absolute Gasteiger partial charge is 0.355 e. The van der Waals surface area contributed by atoms with Crippen LogP contribution in [-0.4, -0.2) is 19.8 Å². The molecule has 2 aromatic heterocycles. The van der Waals surface area contributed by atoms with Crippen LogP contribution in [0.25, 0.3) is 22.4 Å². The van der Waals surface area contributed by atoms with E-state index in [-0.39, 0.29) is 5.91 Å². The fourth-order valence-corrected chi connectivity index (χ4v) is 3.11. The zero-order chi connectivity index (χ0) is 17.4. The van der Waals surface area contributed by atoms with Crippen molar-refractivity contribution in [2.45, 2.75) is 13.8 Å². The molecule has 0 radical (unpaired) electrons. The first-order chi connectivity index (χ1) is 12.1. The van der Waals surface area contributed by atoms with Crippen molar-refractivity contribution in [1.82, 2.24) is 13.9 Å². The molecule has 0 aliphatic heterocycles. The van der Waals surface area contributed by atoms with Crippen LogP contribution in [0.5, 0.6) is 0 Å². The van der Waals surface area contributed by atoms with Crippen molar-refractivity contribution >= 4 is 34.4 Å². The van der Waals surface area contributed by atoms with E-state index in [2.05, 4.69) is 19.2 Å². The highest BCUT2D eigenvalue weighted by Gasteiger charge is 2.22. The second-order valence-electron chi connectivity index (χ2n) is 5.76. The molecule has 4 aromatic rings. The highest BCUT2D eigenvalue weighted by atomic mass is 32.1. The Bertz CT molecular complexity index is 1070. The highest BCUT2D eigenvalue weighted by Crippen LogP contribution is 2.27. The Labute approximate surface area is 147 Å². The van der Waals surface area contributed by atoms with Gasteiger partial charge in [-0.25, -0.2) is 0 Å². The minimum atomic E-state index is -0.267. The number of aromatic nitrogens is 3. The number of benzene rings is 2. The summed E-state index contributed by atoms with van der Waals surface area (Å²) in [4.78, 5) is 12.8. The zero-order valence-corrected chi connectivity index (χ0v) is 14.4. The van der Waals surface area contributed by atoms with Crippen molar-refractivity contribution in [1.29, 1.82) is 0 Å². The number of nitrogens with zero attached hydrogens (tertiary/aromatic N) is 3. The van der Waals surface area contributed by atoms with Crippen molar-refractivity contribution in [3.63, 3.8) is 0 Å². The van der Waals surface area contributed by atoms with Gasteiger partial charge < -0.3 is 9.84 Å². The van der Waals surface area contributed by atoms with Gasteiger partial charge in [-0.15, -0.1) is 0 Å². The monoisotopic (exact) mass is 350 g/mol. The summed E-state index contributed by atoms with van der Waals surface area (Å²) in [6.45, 7) is 3.76. The third-order valence-electron chi connectivity index (χ3n) is 3.92. The first kappa shape index (κ1) is 15.5. The Hall–Kier alpha value is -3.06. The van der Waals surface area contributed by atoms with E-state index in [1.807, 2.05) is 37.3 Å². The van der Waals surface area contributed by atoms with Gasteiger partial charge >= 0.3 is 0 Å². The molecule has 0 saturated carbocycles. The van der Waals surface area contributed by atoms with Crippen LogP contribution in [0.4, 0.5) is 5.69 Å². The molecular formula is C18H14N4O2S. The van der Waals surface area contributed by atoms with Crippen molar-refractivity contribution in [3.8, 4) is 11.3 Å². The van der Waals surface area contributed by atoms with Gasteiger partial charge in [0.05, 0.1) is 17.4 Å². The van der Waals surface area contributed by atoms with Crippen LogP contribution < -0.4 is 5.32 Å². The van der Waals surface area contributed by atoms with Crippen LogP contribution in [0.2, 0.25) is 0 Å². The van der Waals surface area contributed by atoms with Crippen LogP contribution in [0, 0.1) is 13.8 Å². The molecule has 4 rings (SSSR count). The van der Waals surface area contributed by atoms with Crippen LogP contribution in [0.3, 0.4) is 0 Å². The van der Waals surface area contributed by atoms with E-state index in [1.54, 1.807) is 19.1 Å². The van der Waals surface area contributed by atoms with Crippen LogP contribution in [0.15, 0.2) is 47.0 Å². The lowest BCUT2D eigenvalue weighted by atomic mass is 10.0. The van der Waals surface area contributed by atoms with Crippen LogP contribution in [-0.2, 0) is 0 Å². The minimum absolute atomic E-state index is 0.267. The summed E-state index contributed by atoms with van der Waals surface area (Å²) in [6, 6.07) is 13.2. The third kappa shape index (κ3) is 2.89. The van der Waals surface area contributed by atoms with E-state index < -0.39 is 0 Å². The number of carbonyl (C=O) groups is 1. The first-order valence-electron chi connectivity index (χ1n) is 7.69. The molecule has 7 heteroatoms. The summed E-state index contributed by atoms with van der Waals surface area (Å²) in [5.74, 6) is 0.197. The fraction of sp³-hybridized carbons (Fsp3) is 0.111. The maximum Gasteiger partial charge on any atom is 0.261 e.